The number of esters is 1. The molecule has 1 rings (SSSR count). The Labute approximate surface area is 69.4 Å². The lowest BCUT2D eigenvalue weighted by Gasteiger charge is -2.04. The predicted octanol–water partition coefficient (Wildman–Crippen LogP) is -0.514. The number of rotatable bonds is 3. The topological polar surface area (TPSA) is 75.2 Å². The van der Waals surface area contributed by atoms with Gasteiger partial charge in [0.1, 0.15) is 0 Å². The molecule has 0 saturated carbocycles. The zero-order chi connectivity index (χ0) is 8.97. The minimum atomic E-state index is -1.13. The number of methoxy groups -OCH3 is 1. The van der Waals surface area contributed by atoms with Crippen molar-refractivity contribution in [3.63, 3.8) is 0 Å². The fourth-order valence-corrected chi connectivity index (χ4v) is 0.820. The highest BCUT2D eigenvalue weighted by molar-refractivity contribution is 5.74. The Morgan fingerprint density at radius 2 is 2.67 bits per heavy atom. The molecule has 1 aromatic heterocycles. The van der Waals surface area contributed by atoms with Crippen LogP contribution in [0.2, 0.25) is 0 Å². The Hall–Kier alpha value is -1.36. The van der Waals surface area contributed by atoms with Gasteiger partial charge in [-0.05, 0) is 0 Å². The van der Waals surface area contributed by atoms with Crippen LogP contribution >= 0.6 is 0 Å². The van der Waals surface area contributed by atoms with E-state index in [0.717, 1.165) is 0 Å². The molecule has 0 spiro atoms. The zero-order valence-electron chi connectivity index (χ0n) is 6.65. The molecule has 0 bridgehead atoms. The third kappa shape index (κ3) is 2.06. The van der Waals surface area contributed by atoms with Gasteiger partial charge in [-0.3, -0.25) is 0 Å². The Morgan fingerprint density at radius 1 is 1.92 bits per heavy atom. The van der Waals surface area contributed by atoms with Gasteiger partial charge in [0.15, 0.2) is 6.10 Å². The van der Waals surface area contributed by atoms with Crippen molar-refractivity contribution in [1.29, 1.82) is 0 Å². The number of H-pyrrole nitrogens is 1. The zero-order valence-corrected chi connectivity index (χ0v) is 6.65. The van der Waals surface area contributed by atoms with Crippen molar-refractivity contribution in [3.05, 3.63) is 18.2 Å². The van der Waals surface area contributed by atoms with Gasteiger partial charge in [0.05, 0.1) is 19.1 Å². The van der Waals surface area contributed by atoms with E-state index in [0.29, 0.717) is 5.69 Å². The van der Waals surface area contributed by atoms with Crippen LogP contribution in [0, 0.1) is 0 Å². The molecule has 2 N–H and O–H groups in total. The minimum absolute atomic E-state index is 0.177. The summed E-state index contributed by atoms with van der Waals surface area (Å²) in [6.07, 6.45) is 2.15. The number of aromatic nitrogens is 2. The number of aliphatic hydroxyl groups excluding tert-OH is 1. The van der Waals surface area contributed by atoms with E-state index in [2.05, 4.69) is 14.7 Å². The molecule has 0 aliphatic heterocycles. The van der Waals surface area contributed by atoms with Crippen molar-refractivity contribution in [2.24, 2.45) is 0 Å². The summed E-state index contributed by atoms with van der Waals surface area (Å²) < 4.78 is 4.33. The summed E-state index contributed by atoms with van der Waals surface area (Å²) in [5, 5.41) is 9.16. The van der Waals surface area contributed by atoms with Gasteiger partial charge in [-0.15, -0.1) is 0 Å². The maximum absolute atomic E-state index is 10.7. The van der Waals surface area contributed by atoms with Crippen LogP contribution in [0.5, 0.6) is 0 Å². The largest absolute Gasteiger partial charge is 0.467 e. The number of imidazole rings is 1. The molecule has 1 aromatic rings. The standard InChI is InChI=1S/C7H10N2O3/c1-12-7(11)6(10)2-5-3-8-4-9-5/h3-4,6,10H,2H2,1H3,(H,8,9). The van der Waals surface area contributed by atoms with Crippen LogP contribution in [0.3, 0.4) is 0 Å². The number of aromatic amines is 1. The van der Waals surface area contributed by atoms with Crippen LogP contribution in [0.4, 0.5) is 0 Å². The normalized spacial score (nSPS) is 12.5. The van der Waals surface area contributed by atoms with Crippen LogP contribution in [0.15, 0.2) is 12.5 Å². The first-order valence-electron chi connectivity index (χ1n) is 3.47. The second-order valence-electron chi connectivity index (χ2n) is 2.30. The number of nitrogens with one attached hydrogen (secondary N) is 1. The Bertz CT molecular complexity index is 245. The van der Waals surface area contributed by atoms with E-state index >= 15 is 0 Å². The van der Waals surface area contributed by atoms with Crippen molar-refractivity contribution in [2.45, 2.75) is 12.5 Å². The van der Waals surface area contributed by atoms with Crippen LogP contribution in [-0.2, 0) is 16.0 Å². The number of aliphatic hydroxyl groups is 1. The van der Waals surface area contributed by atoms with E-state index in [4.69, 9.17) is 5.11 Å². The monoisotopic (exact) mass is 170 g/mol. The molecule has 12 heavy (non-hydrogen) atoms. The van der Waals surface area contributed by atoms with Crippen LogP contribution in [0.1, 0.15) is 5.69 Å². The van der Waals surface area contributed by atoms with Gasteiger partial charge < -0.3 is 14.8 Å². The van der Waals surface area contributed by atoms with E-state index in [1.165, 1.54) is 13.4 Å². The molecule has 0 amide bonds. The second kappa shape index (κ2) is 3.87. The molecular weight excluding hydrogens is 160 g/mol. The molecule has 5 nitrogen and oxygen atoms in total. The van der Waals surface area contributed by atoms with Crippen molar-refractivity contribution in [2.75, 3.05) is 7.11 Å². The quantitative estimate of drug-likeness (QED) is 0.599. The maximum atomic E-state index is 10.7. The summed E-state index contributed by atoms with van der Waals surface area (Å²) >= 11 is 0. The lowest BCUT2D eigenvalue weighted by Crippen LogP contribution is -2.24. The molecular formula is C7H10N2O3. The summed E-state index contributed by atoms with van der Waals surface area (Å²) in [4.78, 5) is 17.3. The third-order valence-corrected chi connectivity index (χ3v) is 1.43. The molecule has 0 aliphatic carbocycles. The van der Waals surface area contributed by atoms with Gasteiger partial charge in [-0.2, -0.15) is 0 Å². The van der Waals surface area contributed by atoms with E-state index in [9.17, 15) is 4.79 Å². The fourth-order valence-electron chi connectivity index (χ4n) is 0.820. The Balaban J connectivity index is 2.47. The Morgan fingerprint density at radius 3 is 3.17 bits per heavy atom. The predicted molar refractivity (Wildman–Crippen MR) is 40.3 cm³/mol. The highest BCUT2D eigenvalue weighted by atomic mass is 16.5. The Kier molecular flexibility index (Phi) is 2.82. The number of hydrogen-bond acceptors (Lipinski definition) is 4. The lowest BCUT2D eigenvalue weighted by molar-refractivity contribution is -0.150. The van der Waals surface area contributed by atoms with Crippen molar-refractivity contribution in [1.82, 2.24) is 9.97 Å². The van der Waals surface area contributed by atoms with Gasteiger partial charge in [-0.25, -0.2) is 9.78 Å². The summed E-state index contributed by atoms with van der Waals surface area (Å²) in [7, 11) is 1.23. The summed E-state index contributed by atoms with van der Waals surface area (Å²) in [6, 6.07) is 0. The smallest absolute Gasteiger partial charge is 0.335 e. The summed E-state index contributed by atoms with van der Waals surface area (Å²) in [5.74, 6) is -0.641. The molecule has 0 aliphatic rings. The number of hydrogen-bond donors (Lipinski definition) is 2. The van der Waals surface area contributed by atoms with E-state index < -0.39 is 12.1 Å². The lowest BCUT2D eigenvalue weighted by atomic mass is 10.2. The van der Waals surface area contributed by atoms with Gasteiger partial charge in [0.2, 0.25) is 0 Å². The van der Waals surface area contributed by atoms with Crippen LogP contribution in [0.25, 0.3) is 0 Å². The molecule has 0 radical (unpaired) electrons. The van der Waals surface area contributed by atoms with Gasteiger partial charge >= 0.3 is 5.97 Å². The molecule has 66 valence electrons. The van der Waals surface area contributed by atoms with Gasteiger partial charge in [0.25, 0.3) is 0 Å². The fraction of sp³-hybridized carbons (Fsp3) is 0.429. The van der Waals surface area contributed by atoms with Crippen molar-refractivity contribution < 1.29 is 14.6 Å². The molecule has 0 aromatic carbocycles. The van der Waals surface area contributed by atoms with E-state index in [1.807, 2.05) is 0 Å². The number of nitrogens with zero attached hydrogens (tertiary/aromatic N) is 1. The SMILES string of the molecule is COC(=O)C(O)Cc1c[nH]cn1. The first kappa shape index (κ1) is 8.73. The summed E-state index contributed by atoms with van der Waals surface area (Å²) in [5.41, 5.74) is 0.632. The average molecular weight is 170 g/mol. The van der Waals surface area contributed by atoms with Crippen molar-refractivity contribution in [3.8, 4) is 0 Å². The number of ether oxygens (including phenoxy) is 1. The summed E-state index contributed by atoms with van der Waals surface area (Å²) in [6.45, 7) is 0. The molecule has 1 unspecified atom stereocenters. The first-order valence-corrected chi connectivity index (χ1v) is 3.47. The molecule has 1 heterocycles. The molecule has 0 fully saturated rings. The van der Waals surface area contributed by atoms with Gasteiger partial charge in [-0.1, -0.05) is 0 Å². The van der Waals surface area contributed by atoms with Gasteiger partial charge in [0, 0.05) is 12.6 Å². The molecule has 1 atom stereocenters. The van der Waals surface area contributed by atoms with Crippen LogP contribution < -0.4 is 0 Å². The minimum Gasteiger partial charge on any atom is -0.467 e. The molecule has 5 heteroatoms. The first-order chi connectivity index (χ1) is 5.74. The third-order valence-electron chi connectivity index (χ3n) is 1.43. The van der Waals surface area contributed by atoms with E-state index in [1.54, 1.807) is 6.20 Å². The second-order valence-corrected chi connectivity index (χ2v) is 2.30. The van der Waals surface area contributed by atoms with Crippen molar-refractivity contribution >= 4 is 5.97 Å². The maximum Gasteiger partial charge on any atom is 0.335 e. The highest BCUT2D eigenvalue weighted by Gasteiger charge is 2.16. The average Bonchev–Trinajstić information content (AvgIpc) is 2.55. The number of carbonyl (C=O) groups excluding carboxylic acids is 1. The van der Waals surface area contributed by atoms with Crippen LogP contribution in [-0.4, -0.2) is 34.3 Å². The van der Waals surface area contributed by atoms with E-state index in [-0.39, 0.29) is 6.42 Å². The molecule has 0 saturated heterocycles. The number of carbonyl (C=O) groups is 1. The highest BCUT2D eigenvalue weighted by Crippen LogP contribution is 1.98.